The summed E-state index contributed by atoms with van der Waals surface area (Å²) in [5.74, 6) is 3.50. The molecule has 8 heteroatoms. The van der Waals surface area contributed by atoms with Crippen molar-refractivity contribution in [3.8, 4) is 34.5 Å². The van der Waals surface area contributed by atoms with Crippen molar-refractivity contribution in [2.24, 2.45) is 0 Å². The number of ether oxygens (including phenoxy) is 6. The molecule has 0 N–H and O–H groups in total. The largest absolute Gasteiger partial charge is 0.494 e. The van der Waals surface area contributed by atoms with Crippen LogP contribution in [0, 0.1) is 0 Å². The number of benzene rings is 4. The van der Waals surface area contributed by atoms with Crippen molar-refractivity contribution in [1.82, 2.24) is 0 Å². The molecule has 0 aromatic heterocycles. The van der Waals surface area contributed by atoms with Gasteiger partial charge in [0.25, 0.3) is 0 Å². The van der Waals surface area contributed by atoms with Crippen molar-refractivity contribution in [2.75, 3.05) is 41.7 Å². The number of methoxy groups -OCH3 is 4. The van der Waals surface area contributed by atoms with Crippen LogP contribution in [0.15, 0.2) is 97.1 Å². The van der Waals surface area contributed by atoms with Gasteiger partial charge in [0.15, 0.2) is 34.6 Å². The molecule has 0 aliphatic carbocycles. The molecular weight excluding hydrogens is 596 g/mol. The lowest BCUT2D eigenvalue weighted by Crippen LogP contribution is -2.01. The molecule has 0 radical (unpaired) electrons. The lowest BCUT2D eigenvalue weighted by molar-refractivity contribution is 0.103. The van der Waals surface area contributed by atoms with E-state index in [9.17, 15) is 9.59 Å². The van der Waals surface area contributed by atoms with Gasteiger partial charge in [-0.3, -0.25) is 9.59 Å². The molecule has 244 valence electrons. The highest BCUT2D eigenvalue weighted by Gasteiger charge is 2.10. The maximum absolute atomic E-state index is 12.6. The normalized spacial score (nSPS) is 11.0. The zero-order chi connectivity index (χ0) is 33.4. The number of hydrogen-bond acceptors (Lipinski definition) is 8. The van der Waals surface area contributed by atoms with Gasteiger partial charge in [0.2, 0.25) is 0 Å². The Hall–Kier alpha value is -5.50. The molecule has 4 aromatic rings. The monoisotopic (exact) mass is 636 g/mol. The SMILES string of the molecule is COc1ccc(C(=O)/C=C/c2ccc(OCCCCCOc3ccc(/C=C/C(=O)c4ccc(OC)c(OC)c4)cc3)cc2)cc1OC. The molecule has 0 bridgehead atoms. The Kier molecular flexibility index (Phi) is 13.1. The molecule has 8 nitrogen and oxygen atoms in total. The lowest BCUT2D eigenvalue weighted by Gasteiger charge is -2.08. The van der Waals surface area contributed by atoms with E-state index in [-0.39, 0.29) is 11.6 Å². The number of rotatable bonds is 18. The zero-order valence-corrected chi connectivity index (χ0v) is 27.2. The third kappa shape index (κ3) is 10.3. The Balaban J connectivity index is 1.12. The minimum atomic E-state index is -0.124. The van der Waals surface area contributed by atoms with Gasteiger partial charge >= 0.3 is 0 Å². The van der Waals surface area contributed by atoms with Crippen LogP contribution in [0.5, 0.6) is 34.5 Å². The van der Waals surface area contributed by atoms with Crippen LogP contribution in [0.25, 0.3) is 12.2 Å². The van der Waals surface area contributed by atoms with Crippen molar-refractivity contribution < 1.29 is 38.0 Å². The highest BCUT2D eigenvalue weighted by Crippen LogP contribution is 2.29. The predicted octanol–water partition coefficient (Wildman–Crippen LogP) is 8.14. The molecule has 4 aromatic carbocycles. The number of hydrogen-bond donors (Lipinski definition) is 0. The third-order valence-electron chi connectivity index (χ3n) is 7.28. The Morgan fingerprint density at radius 2 is 0.872 bits per heavy atom. The van der Waals surface area contributed by atoms with Gasteiger partial charge in [-0.05, 0) is 103 Å². The van der Waals surface area contributed by atoms with E-state index in [1.807, 2.05) is 48.5 Å². The first-order chi connectivity index (χ1) is 22.9. The van der Waals surface area contributed by atoms with Crippen LogP contribution in [-0.2, 0) is 0 Å². The summed E-state index contributed by atoms with van der Waals surface area (Å²) in [6, 6.07) is 25.4. The minimum absolute atomic E-state index is 0.124. The average Bonchev–Trinajstić information content (AvgIpc) is 3.12. The molecule has 47 heavy (non-hydrogen) atoms. The summed E-state index contributed by atoms with van der Waals surface area (Å²) in [7, 11) is 6.19. The molecule has 0 heterocycles. The molecule has 0 fully saturated rings. The summed E-state index contributed by atoms with van der Waals surface area (Å²) < 4.78 is 32.8. The van der Waals surface area contributed by atoms with E-state index in [4.69, 9.17) is 28.4 Å². The van der Waals surface area contributed by atoms with Gasteiger partial charge in [0, 0.05) is 11.1 Å². The topological polar surface area (TPSA) is 89.5 Å². The van der Waals surface area contributed by atoms with Gasteiger partial charge in [0.1, 0.15) is 11.5 Å². The molecule has 0 saturated heterocycles. The number of allylic oxidation sites excluding steroid dienone is 2. The smallest absolute Gasteiger partial charge is 0.185 e. The van der Waals surface area contributed by atoms with Crippen LogP contribution in [0.4, 0.5) is 0 Å². The molecule has 0 spiro atoms. The van der Waals surface area contributed by atoms with Crippen LogP contribution in [0.3, 0.4) is 0 Å². The van der Waals surface area contributed by atoms with E-state index in [1.165, 1.54) is 26.4 Å². The highest BCUT2D eigenvalue weighted by molar-refractivity contribution is 6.07. The summed E-state index contributed by atoms with van der Waals surface area (Å²) in [6.07, 6.45) is 9.40. The standard InChI is InChI=1S/C39H40O8/c1-42-36-22-14-30(26-38(36)44-3)34(40)20-12-28-8-16-32(17-9-28)46-24-6-5-7-25-47-33-18-10-29(11-19-33)13-21-35(41)31-15-23-37(43-2)39(27-31)45-4/h8-23,26-27H,5-7,24-25H2,1-4H3/b20-12+,21-13+. The summed E-state index contributed by atoms with van der Waals surface area (Å²) in [5, 5.41) is 0. The molecule has 0 amide bonds. The second kappa shape index (κ2) is 17.8. The van der Waals surface area contributed by atoms with Crippen molar-refractivity contribution >= 4 is 23.7 Å². The van der Waals surface area contributed by atoms with Crippen molar-refractivity contribution in [3.05, 3.63) is 119 Å². The first kappa shape index (κ1) is 34.4. The molecule has 0 unspecified atom stereocenters. The van der Waals surface area contributed by atoms with Gasteiger partial charge in [0.05, 0.1) is 41.7 Å². The third-order valence-corrected chi connectivity index (χ3v) is 7.28. The molecule has 0 aliphatic heterocycles. The predicted molar refractivity (Wildman–Crippen MR) is 184 cm³/mol. The first-order valence-corrected chi connectivity index (χ1v) is 15.3. The van der Waals surface area contributed by atoms with Gasteiger partial charge < -0.3 is 28.4 Å². The maximum Gasteiger partial charge on any atom is 0.185 e. The number of unbranched alkanes of at least 4 members (excludes halogenated alkanes) is 2. The highest BCUT2D eigenvalue weighted by atomic mass is 16.5. The van der Waals surface area contributed by atoms with Crippen LogP contribution < -0.4 is 28.4 Å². The summed E-state index contributed by atoms with van der Waals surface area (Å²) >= 11 is 0. The average molecular weight is 637 g/mol. The summed E-state index contributed by atoms with van der Waals surface area (Å²) in [6.45, 7) is 1.21. The van der Waals surface area contributed by atoms with Gasteiger partial charge in [-0.1, -0.05) is 36.4 Å². The number of carbonyl (C=O) groups is 2. The van der Waals surface area contributed by atoms with Gasteiger partial charge in [-0.15, -0.1) is 0 Å². The minimum Gasteiger partial charge on any atom is -0.494 e. The number of carbonyl (C=O) groups excluding carboxylic acids is 2. The van der Waals surface area contributed by atoms with E-state index in [0.29, 0.717) is 47.3 Å². The molecule has 4 rings (SSSR count). The fourth-order valence-electron chi connectivity index (χ4n) is 4.63. The molecular formula is C39H40O8. The zero-order valence-electron chi connectivity index (χ0n) is 27.2. The van der Waals surface area contributed by atoms with Crippen LogP contribution in [-0.4, -0.2) is 53.2 Å². The van der Waals surface area contributed by atoms with E-state index in [0.717, 1.165) is 41.9 Å². The van der Waals surface area contributed by atoms with Crippen molar-refractivity contribution in [3.63, 3.8) is 0 Å². The van der Waals surface area contributed by atoms with Gasteiger partial charge in [-0.2, -0.15) is 0 Å². The molecule has 0 aliphatic rings. The second-order valence-electron chi connectivity index (χ2n) is 10.4. The first-order valence-electron chi connectivity index (χ1n) is 15.3. The van der Waals surface area contributed by atoms with Crippen LogP contribution in [0.1, 0.15) is 51.1 Å². The fourth-order valence-corrected chi connectivity index (χ4v) is 4.63. The van der Waals surface area contributed by atoms with Crippen molar-refractivity contribution in [1.29, 1.82) is 0 Å². The Labute approximate surface area is 276 Å². The second-order valence-corrected chi connectivity index (χ2v) is 10.4. The lowest BCUT2D eigenvalue weighted by atomic mass is 10.1. The molecule has 0 atom stereocenters. The Bertz CT molecular complexity index is 1550. The van der Waals surface area contributed by atoms with Crippen molar-refractivity contribution in [2.45, 2.75) is 19.3 Å². The quantitative estimate of drug-likeness (QED) is 0.0614. The summed E-state index contributed by atoms with van der Waals surface area (Å²) in [5.41, 5.74) is 2.84. The van der Waals surface area contributed by atoms with E-state index >= 15 is 0 Å². The van der Waals surface area contributed by atoms with Crippen LogP contribution in [0.2, 0.25) is 0 Å². The van der Waals surface area contributed by atoms with E-state index in [1.54, 1.807) is 62.8 Å². The van der Waals surface area contributed by atoms with Gasteiger partial charge in [-0.25, -0.2) is 0 Å². The van der Waals surface area contributed by atoms with Crippen LogP contribution >= 0.6 is 0 Å². The Morgan fingerprint density at radius 3 is 1.23 bits per heavy atom. The van der Waals surface area contributed by atoms with E-state index in [2.05, 4.69) is 0 Å². The maximum atomic E-state index is 12.6. The summed E-state index contributed by atoms with van der Waals surface area (Å²) in [4.78, 5) is 25.2. The molecule has 0 saturated carbocycles. The Morgan fingerprint density at radius 1 is 0.489 bits per heavy atom. The van der Waals surface area contributed by atoms with E-state index < -0.39 is 0 Å². The number of ketones is 2. The fraction of sp³-hybridized carbons (Fsp3) is 0.231.